The fourth-order valence-corrected chi connectivity index (χ4v) is 3.33. The third kappa shape index (κ3) is 2.14. The van der Waals surface area contributed by atoms with Crippen molar-refractivity contribution in [1.82, 2.24) is 10.6 Å². The van der Waals surface area contributed by atoms with E-state index in [0.717, 1.165) is 19.1 Å². The molecule has 0 spiro atoms. The van der Waals surface area contributed by atoms with Gasteiger partial charge < -0.3 is 10.6 Å². The second-order valence-corrected chi connectivity index (χ2v) is 6.77. The van der Waals surface area contributed by atoms with E-state index in [2.05, 4.69) is 38.3 Å². The van der Waals surface area contributed by atoms with Crippen LogP contribution in [0.1, 0.15) is 53.4 Å². The number of rotatable bonds is 5. The Morgan fingerprint density at radius 2 is 1.38 bits per heavy atom. The van der Waals surface area contributed by atoms with Crippen molar-refractivity contribution < 1.29 is 0 Å². The summed E-state index contributed by atoms with van der Waals surface area (Å²) in [5, 5.41) is 7.36. The minimum atomic E-state index is 0.473. The first-order valence-electron chi connectivity index (χ1n) is 6.93. The summed E-state index contributed by atoms with van der Waals surface area (Å²) < 4.78 is 0. The Hall–Kier alpha value is -0.0800. The molecule has 0 aromatic carbocycles. The van der Waals surface area contributed by atoms with Crippen molar-refractivity contribution in [1.29, 1.82) is 0 Å². The van der Waals surface area contributed by atoms with Gasteiger partial charge in [0.25, 0.3) is 0 Å². The molecule has 0 bridgehead atoms. The Morgan fingerprint density at radius 1 is 0.875 bits per heavy atom. The van der Waals surface area contributed by atoms with Crippen molar-refractivity contribution >= 4 is 0 Å². The van der Waals surface area contributed by atoms with Crippen LogP contribution in [-0.4, -0.2) is 25.2 Å². The van der Waals surface area contributed by atoms with Crippen LogP contribution in [0.3, 0.4) is 0 Å². The van der Waals surface area contributed by atoms with E-state index >= 15 is 0 Å². The minimum Gasteiger partial charge on any atom is -0.313 e. The van der Waals surface area contributed by atoms with Gasteiger partial charge in [-0.15, -0.1) is 0 Å². The molecule has 0 unspecified atom stereocenters. The first kappa shape index (κ1) is 12.4. The zero-order valence-electron chi connectivity index (χ0n) is 11.4. The highest BCUT2D eigenvalue weighted by molar-refractivity contribution is 5.17. The third-order valence-corrected chi connectivity index (χ3v) is 5.28. The molecule has 0 aromatic rings. The van der Waals surface area contributed by atoms with Crippen LogP contribution in [0.2, 0.25) is 0 Å². The van der Waals surface area contributed by atoms with Gasteiger partial charge in [-0.25, -0.2) is 0 Å². The molecule has 2 heteroatoms. The number of nitrogens with one attached hydrogen (secondary N) is 2. The summed E-state index contributed by atoms with van der Waals surface area (Å²) in [6.45, 7) is 11.7. The van der Waals surface area contributed by atoms with Crippen molar-refractivity contribution in [3.05, 3.63) is 0 Å². The summed E-state index contributed by atoms with van der Waals surface area (Å²) in [5.74, 6) is 0. The van der Waals surface area contributed by atoms with E-state index < -0.39 is 0 Å². The molecular formula is C14H28N2. The molecule has 2 aliphatic rings. The van der Waals surface area contributed by atoms with Crippen molar-refractivity contribution in [2.45, 2.75) is 65.5 Å². The summed E-state index contributed by atoms with van der Waals surface area (Å²) in [7, 11) is 0. The molecule has 2 N–H and O–H groups in total. The quantitative estimate of drug-likeness (QED) is 0.701. The smallest absolute Gasteiger partial charge is 0.0181 e. The van der Waals surface area contributed by atoms with Crippen LogP contribution in [0.4, 0.5) is 0 Å². The predicted octanol–water partition coefficient (Wildman–Crippen LogP) is 2.54. The van der Waals surface area contributed by atoms with Crippen LogP contribution in [-0.2, 0) is 0 Å². The maximum absolute atomic E-state index is 3.70. The molecule has 0 aliphatic heterocycles. The third-order valence-electron chi connectivity index (χ3n) is 5.28. The van der Waals surface area contributed by atoms with Crippen molar-refractivity contribution in [2.24, 2.45) is 10.8 Å². The zero-order valence-corrected chi connectivity index (χ0v) is 11.4. The molecule has 2 saturated carbocycles. The Morgan fingerprint density at radius 3 is 1.88 bits per heavy atom. The molecular weight excluding hydrogens is 196 g/mol. The van der Waals surface area contributed by atoms with E-state index in [9.17, 15) is 0 Å². The van der Waals surface area contributed by atoms with Gasteiger partial charge in [0.05, 0.1) is 0 Å². The maximum atomic E-state index is 3.70. The minimum absolute atomic E-state index is 0.473. The van der Waals surface area contributed by atoms with Gasteiger partial charge in [-0.05, 0) is 23.7 Å². The Labute approximate surface area is 101 Å². The first-order chi connectivity index (χ1) is 7.46. The number of hydrogen-bond donors (Lipinski definition) is 2. The summed E-state index contributed by atoms with van der Waals surface area (Å²) in [4.78, 5) is 0. The van der Waals surface area contributed by atoms with E-state index in [4.69, 9.17) is 0 Å². The molecule has 0 radical (unpaired) electrons. The van der Waals surface area contributed by atoms with Gasteiger partial charge in [0.15, 0.2) is 0 Å². The molecule has 2 fully saturated rings. The predicted molar refractivity (Wildman–Crippen MR) is 69.6 cm³/mol. The topological polar surface area (TPSA) is 24.1 Å². The van der Waals surface area contributed by atoms with Gasteiger partial charge in [0, 0.05) is 25.2 Å². The fourth-order valence-electron chi connectivity index (χ4n) is 3.33. The lowest BCUT2D eigenvalue weighted by Gasteiger charge is -2.12. The lowest BCUT2D eigenvalue weighted by Crippen LogP contribution is -2.35. The van der Waals surface area contributed by atoms with Crippen LogP contribution in [0.25, 0.3) is 0 Å². The molecule has 2 aliphatic carbocycles. The largest absolute Gasteiger partial charge is 0.313 e. The summed E-state index contributed by atoms with van der Waals surface area (Å²) in [6.07, 6.45) is 5.63. The van der Waals surface area contributed by atoms with E-state index in [0.29, 0.717) is 16.9 Å². The normalized spacial score (nSPS) is 28.5. The molecule has 2 nitrogen and oxygen atoms in total. The summed E-state index contributed by atoms with van der Waals surface area (Å²) in [6, 6.07) is 1.51. The molecule has 0 aromatic heterocycles. The highest BCUT2D eigenvalue weighted by atomic mass is 15.1. The lowest BCUT2D eigenvalue weighted by molar-refractivity contribution is 0.457. The highest BCUT2D eigenvalue weighted by Crippen LogP contribution is 2.62. The Kier molecular flexibility index (Phi) is 3.33. The van der Waals surface area contributed by atoms with E-state index in [-0.39, 0.29) is 0 Å². The van der Waals surface area contributed by atoms with Crippen LogP contribution in [0, 0.1) is 10.8 Å². The molecule has 0 heterocycles. The second kappa shape index (κ2) is 4.30. The monoisotopic (exact) mass is 224 g/mol. The van der Waals surface area contributed by atoms with Crippen molar-refractivity contribution in [2.75, 3.05) is 13.1 Å². The molecule has 0 saturated heterocycles. The van der Waals surface area contributed by atoms with Crippen molar-refractivity contribution in [3.63, 3.8) is 0 Å². The average Bonchev–Trinajstić information content (AvgIpc) is 2.64. The van der Waals surface area contributed by atoms with Gasteiger partial charge in [-0.1, -0.05) is 40.5 Å². The fraction of sp³-hybridized carbons (Fsp3) is 1.00. The van der Waals surface area contributed by atoms with Crippen LogP contribution < -0.4 is 10.6 Å². The zero-order chi connectivity index (χ0) is 11.8. The Balaban J connectivity index is 1.59. The van der Waals surface area contributed by atoms with Gasteiger partial charge >= 0.3 is 0 Å². The van der Waals surface area contributed by atoms with Gasteiger partial charge in [-0.2, -0.15) is 0 Å². The number of hydrogen-bond acceptors (Lipinski definition) is 2. The summed E-state index contributed by atoms with van der Waals surface area (Å²) in [5.41, 5.74) is 0.945. The molecule has 16 heavy (non-hydrogen) atoms. The standard InChI is InChI=1S/C14H28N2/c1-13(2)12(14(13,3)4)16-10-9-15-11-7-5-6-8-11/h11-12,15-16H,5-10H2,1-4H3. The average molecular weight is 224 g/mol. The lowest BCUT2D eigenvalue weighted by atomic mass is 10.0. The summed E-state index contributed by atoms with van der Waals surface area (Å²) >= 11 is 0. The molecule has 0 amide bonds. The van der Waals surface area contributed by atoms with E-state index in [1.54, 1.807) is 0 Å². The first-order valence-corrected chi connectivity index (χ1v) is 6.93. The second-order valence-electron chi connectivity index (χ2n) is 6.77. The van der Waals surface area contributed by atoms with Crippen LogP contribution in [0.15, 0.2) is 0 Å². The molecule has 0 atom stereocenters. The van der Waals surface area contributed by atoms with Crippen LogP contribution >= 0.6 is 0 Å². The molecule has 2 rings (SSSR count). The van der Waals surface area contributed by atoms with Crippen molar-refractivity contribution in [3.8, 4) is 0 Å². The Bertz CT molecular complexity index is 225. The molecule has 94 valence electrons. The van der Waals surface area contributed by atoms with E-state index in [1.165, 1.54) is 25.7 Å². The highest BCUT2D eigenvalue weighted by Gasteiger charge is 2.64. The SMILES string of the molecule is CC1(C)C(NCCNC2CCCC2)C1(C)C. The van der Waals surface area contributed by atoms with Gasteiger partial charge in [0.2, 0.25) is 0 Å². The van der Waals surface area contributed by atoms with Crippen LogP contribution in [0.5, 0.6) is 0 Å². The van der Waals surface area contributed by atoms with Gasteiger partial charge in [0.1, 0.15) is 0 Å². The van der Waals surface area contributed by atoms with Gasteiger partial charge in [-0.3, -0.25) is 0 Å². The van der Waals surface area contributed by atoms with E-state index in [1.807, 2.05) is 0 Å². The maximum Gasteiger partial charge on any atom is 0.0181 e.